The fourth-order valence-corrected chi connectivity index (χ4v) is 7.31. The molecule has 1 radical (unpaired) electrons. The first kappa shape index (κ1) is 34.0. The molecule has 0 bridgehead atoms. The van der Waals surface area contributed by atoms with Crippen LogP contribution in [0.5, 0.6) is 0 Å². The van der Waals surface area contributed by atoms with E-state index < -0.39 is 8.07 Å². The molecule has 4 aromatic heterocycles. The van der Waals surface area contributed by atoms with Crippen LogP contribution >= 0.6 is 0 Å². The molecule has 9 rings (SSSR count). The van der Waals surface area contributed by atoms with Gasteiger partial charge in [0.15, 0.2) is 5.65 Å². The molecule has 0 fully saturated rings. The first-order valence-corrected chi connectivity index (χ1v) is 20.2. The molecule has 0 aliphatic heterocycles. The SMILES string of the molecule is C[Si](C)(C)c1ccc2c(c1)oc1c(-c3nc4ccc(-c5ccccc5)nc4n3-c3ccccc3)[c-]ccc12.[Ir].[c-]1ccccc1-c1ccccn1. The Morgan fingerprint density at radius 1 is 0.647 bits per heavy atom. The molecule has 9 aromatic rings. The van der Waals surface area contributed by atoms with Crippen LogP contribution in [0.3, 0.4) is 0 Å². The third-order valence-corrected chi connectivity index (χ3v) is 10.8. The van der Waals surface area contributed by atoms with Crippen molar-refractivity contribution >= 4 is 46.4 Å². The number of rotatable bonds is 5. The molecule has 251 valence electrons. The second-order valence-corrected chi connectivity index (χ2v) is 18.2. The molecular formula is C44H34IrN4OSi-2. The van der Waals surface area contributed by atoms with Gasteiger partial charge in [-0.2, -0.15) is 0 Å². The molecule has 0 amide bonds. The van der Waals surface area contributed by atoms with Crippen LogP contribution in [0.15, 0.2) is 156 Å². The average Bonchev–Trinajstić information content (AvgIpc) is 3.74. The van der Waals surface area contributed by atoms with Gasteiger partial charge in [-0.15, -0.1) is 54.1 Å². The summed E-state index contributed by atoms with van der Waals surface area (Å²) in [7, 11) is -1.48. The van der Waals surface area contributed by atoms with Crippen LogP contribution in [0.25, 0.3) is 72.7 Å². The first-order chi connectivity index (χ1) is 24.4. The Labute approximate surface area is 312 Å². The topological polar surface area (TPSA) is 56.7 Å². The zero-order valence-electron chi connectivity index (χ0n) is 28.5. The van der Waals surface area contributed by atoms with Gasteiger partial charge in [-0.25, -0.2) is 4.98 Å². The maximum Gasteiger partial charge on any atom is 0.156 e. The van der Waals surface area contributed by atoms with Crippen molar-refractivity contribution in [3.05, 3.63) is 164 Å². The predicted octanol–water partition coefficient (Wildman–Crippen LogP) is 10.5. The van der Waals surface area contributed by atoms with Crippen LogP contribution in [-0.2, 0) is 20.1 Å². The number of furan rings is 1. The molecule has 0 N–H and O–H groups in total. The van der Waals surface area contributed by atoms with Gasteiger partial charge < -0.3 is 14.0 Å². The molecule has 5 aromatic carbocycles. The minimum Gasteiger partial charge on any atom is -0.501 e. The van der Waals surface area contributed by atoms with E-state index in [0.717, 1.165) is 72.7 Å². The molecule has 0 spiro atoms. The number of nitrogens with zero attached hydrogens (tertiary/aromatic N) is 4. The van der Waals surface area contributed by atoms with Crippen molar-refractivity contribution in [2.75, 3.05) is 0 Å². The number of aromatic nitrogens is 4. The third-order valence-electron chi connectivity index (χ3n) is 8.76. The number of hydrogen-bond acceptors (Lipinski definition) is 4. The minimum atomic E-state index is -1.48. The van der Waals surface area contributed by atoms with Gasteiger partial charge in [-0.05, 0) is 42.1 Å². The molecule has 5 nitrogen and oxygen atoms in total. The number of pyridine rings is 2. The van der Waals surface area contributed by atoms with Crippen molar-refractivity contribution in [1.29, 1.82) is 0 Å². The average molecular weight is 855 g/mol. The summed E-state index contributed by atoms with van der Waals surface area (Å²) in [6.07, 6.45) is 1.79. The summed E-state index contributed by atoms with van der Waals surface area (Å²) in [6.45, 7) is 7.07. The van der Waals surface area contributed by atoms with Gasteiger partial charge in [-0.1, -0.05) is 109 Å². The van der Waals surface area contributed by atoms with Gasteiger partial charge >= 0.3 is 0 Å². The molecule has 0 unspecified atom stereocenters. The van der Waals surface area contributed by atoms with Crippen molar-refractivity contribution in [3.63, 3.8) is 0 Å². The second kappa shape index (κ2) is 14.4. The van der Waals surface area contributed by atoms with E-state index in [1.165, 1.54) is 5.19 Å². The zero-order chi connectivity index (χ0) is 34.1. The van der Waals surface area contributed by atoms with Crippen LogP contribution in [0.4, 0.5) is 0 Å². The Hall–Kier alpha value is -5.46. The van der Waals surface area contributed by atoms with Gasteiger partial charge in [0, 0.05) is 42.9 Å². The smallest absolute Gasteiger partial charge is 0.156 e. The number of imidazole rings is 1. The normalized spacial score (nSPS) is 11.3. The van der Waals surface area contributed by atoms with E-state index in [2.05, 4.69) is 89.9 Å². The summed E-state index contributed by atoms with van der Waals surface area (Å²) in [4.78, 5) is 14.4. The number of hydrogen-bond donors (Lipinski definition) is 0. The summed E-state index contributed by atoms with van der Waals surface area (Å²) in [5.74, 6) is 0.763. The molecule has 0 aliphatic carbocycles. The fourth-order valence-electron chi connectivity index (χ4n) is 6.17. The summed E-state index contributed by atoms with van der Waals surface area (Å²) >= 11 is 0. The monoisotopic (exact) mass is 855 g/mol. The van der Waals surface area contributed by atoms with Crippen LogP contribution < -0.4 is 5.19 Å². The quantitative estimate of drug-likeness (QED) is 0.128. The second-order valence-electron chi connectivity index (χ2n) is 13.2. The largest absolute Gasteiger partial charge is 0.501 e. The number of fused-ring (bicyclic) bond motifs is 4. The fraction of sp³-hybridized carbons (Fsp3) is 0.0682. The summed E-state index contributed by atoms with van der Waals surface area (Å²) in [5.41, 5.74) is 9.14. The number of para-hydroxylation sites is 1. The van der Waals surface area contributed by atoms with Crippen LogP contribution in [0.2, 0.25) is 19.6 Å². The molecule has 4 heterocycles. The zero-order valence-corrected chi connectivity index (χ0v) is 31.9. The van der Waals surface area contributed by atoms with Gasteiger partial charge in [0.25, 0.3) is 0 Å². The first-order valence-electron chi connectivity index (χ1n) is 16.7. The van der Waals surface area contributed by atoms with Gasteiger partial charge in [0.1, 0.15) is 5.58 Å². The predicted molar refractivity (Wildman–Crippen MR) is 207 cm³/mol. The maximum atomic E-state index is 6.57. The molecule has 51 heavy (non-hydrogen) atoms. The van der Waals surface area contributed by atoms with Crippen LogP contribution in [-0.4, -0.2) is 27.6 Å². The molecular weight excluding hydrogens is 821 g/mol. The van der Waals surface area contributed by atoms with Crippen LogP contribution in [0.1, 0.15) is 0 Å². The third kappa shape index (κ3) is 6.84. The Balaban J connectivity index is 0.000000265. The van der Waals surface area contributed by atoms with Crippen molar-refractivity contribution in [2.45, 2.75) is 19.6 Å². The van der Waals surface area contributed by atoms with E-state index in [-0.39, 0.29) is 20.1 Å². The maximum absolute atomic E-state index is 6.57. The van der Waals surface area contributed by atoms with E-state index in [1.54, 1.807) is 6.20 Å². The van der Waals surface area contributed by atoms with E-state index in [4.69, 9.17) is 14.4 Å². The van der Waals surface area contributed by atoms with E-state index in [1.807, 2.05) is 97.1 Å². The van der Waals surface area contributed by atoms with E-state index >= 15 is 0 Å². The van der Waals surface area contributed by atoms with Crippen molar-refractivity contribution in [2.24, 2.45) is 0 Å². The van der Waals surface area contributed by atoms with Gasteiger partial charge in [-0.3, -0.25) is 4.98 Å². The van der Waals surface area contributed by atoms with Crippen molar-refractivity contribution in [1.82, 2.24) is 19.5 Å². The minimum absolute atomic E-state index is 0. The standard InChI is InChI=1S/C33H26N3OSi.C11H8N.Ir/c1-38(2,3)24-17-18-25-26-15-10-16-27(31(26)37-30(25)21-24)32-35-29-20-19-28(22-11-6-4-7-12-22)34-33(29)36(32)23-13-8-5-9-14-23;1-2-6-10(7-3-1)11-8-4-5-9-12-11;/h4-15,17-21H,1-3H3;1-6,8-9H;/q2*-1;. The summed E-state index contributed by atoms with van der Waals surface area (Å²) in [5, 5.41) is 3.56. The molecule has 0 aliphatic rings. The number of benzene rings is 5. The van der Waals surface area contributed by atoms with Crippen molar-refractivity contribution in [3.8, 4) is 39.6 Å². The summed E-state index contributed by atoms with van der Waals surface area (Å²) in [6, 6.07) is 55.6. The van der Waals surface area contributed by atoms with Gasteiger partial charge in [0.2, 0.25) is 0 Å². The van der Waals surface area contributed by atoms with Crippen molar-refractivity contribution < 1.29 is 24.5 Å². The summed E-state index contributed by atoms with van der Waals surface area (Å²) < 4.78 is 8.69. The Kier molecular flexibility index (Phi) is 9.61. The Bertz CT molecular complexity index is 2530. The van der Waals surface area contributed by atoms with E-state index in [9.17, 15) is 0 Å². The molecule has 0 saturated carbocycles. The Morgan fingerprint density at radius 3 is 2.14 bits per heavy atom. The molecule has 0 saturated heterocycles. The van der Waals surface area contributed by atoms with Crippen LogP contribution in [0, 0.1) is 12.1 Å². The van der Waals surface area contributed by atoms with E-state index in [0.29, 0.717) is 0 Å². The molecule has 7 heteroatoms. The molecule has 0 atom stereocenters. The van der Waals surface area contributed by atoms with Gasteiger partial charge in [0.05, 0.1) is 30.7 Å². The Morgan fingerprint density at radius 2 is 1.41 bits per heavy atom.